The minimum atomic E-state index is -0.905. The summed E-state index contributed by atoms with van der Waals surface area (Å²) in [4.78, 5) is 25.7. The predicted octanol–water partition coefficient (Wildman–Crippen LogP) is 2.71. The Morgan fingerprint density at radius 3 is 2.62 bits per heavy atom. The van der Waals surface area contributed by atoms with Crippen LogP contribution in [0.4, 0.5) is 5.69 Å². The molecule has 0 aromatic heterocycles. The van der Waals surface area contributed by atoms with E-state index in [1.807, 2.05) is 11.0 Å². The van der Waals surface area contributed by atoms with Gasteiger partial charge in [-0.1, -0.05) is 0 Å². The largest absolute Gasteiger partial charge is 0.478 e. The number of carboxylic acids is 1. The van der Waals surface area contributed by atoms with Gasteiger partial charge < -0.3 is 10.0 Å². The van der Waals surface area contributed by atoms with Gasteiger partial charge in [-0.3, -0.25) is 4.79 Å². The Kier molecular flexibility index (Phi) is 2.81. The molecule has 4 heteroatoms. The van der Waals surface area contributed by atoms with Gasteiger partial charge in [0.25, 0.3) is 0 Å². The molecule has 1 aromatic rings. The molecule has 2 aliphatic carbocycles. The average Bonchev–Trinajstić information content (AvgIpc) is 3.11. The van der Waals surface area contributed by atoms with Gasteiger partial charge in [-0.15, -0.1) is 0 Å². The monoisotopic (exact) mass is 285 g/mol. The van der Waals surface area contributed by atoms with E-state index in [-0.39, 0.29) is 11.8 Å². The third kappa shape index (κ3) is 2.13. The van der Waals surface area contributed by atoms with E-state index in [2.05, 4.69) is 0 Å². The van der Waals surface area contributed by atoms with Crippen LogP contribution in [-0.2, 0) is 11.2 Å². The Bertz CT molecular complexity index is 614. The fourth-order valence-electron chi connectivity index (χ4n) is 4.10. The maximum Gasteiger partial charge on any atom is 0.335 e. The molecule has 2 unspecified atom stereocenters. The number of nitrogens with zero attached hydrogens (tertiary/aromatic N) is 1. The number of carbonyl (C=O) groups is 2. The number of carboxylic acid groups (broad SMARTS) is 1. The van der Waals surface area contributed by atoms with E-state index < -0.39 is 5.97 Å². The smallest absolute Gasteiger partial charge is 0.335 e. The summed E-state index contributed by atoms with van der Waals surface area (Å²) >= 11 is 0. The van der Waals surface area contributed by atoms with Crippen molar-refractivity contribution in [3.05, 3.63) is 29.3 Å². The number of anilines is 1. The summed E-state index contributed by atoms with van der Waals surface area (Å²) in [6.45, 7) is 0.768. The molecule has 1 aliphatic heterocycles. The first-order valence-corrected chi connectivity index (χ1v) is 7.81. The molecular formula is C17H19NO3. The first kappa shape index (κ1) is 12.9. The number of rotatable bonds is 2. The van der Waals surface area contributed by atoms with Crippen molar-refractivity contribution in [2.45, 2.75) is 32.1 Å². The lowest BCUT2D eigenvalue weighted by molar-refractivity contribution is -0.122. The molecule has 21 heavy (non-hydrogen) atoms. The Morgan fingerprint density at radius 2 is 1.90 bits per heavy atom. The van der Waals surface area contributed by atoms with Crippen molar-refractivity contribution in [1.82, 2.24) is 0 Å². The van der Waals surface area contributed by atoms with Gasteiger partial charge in [0.2, 0.25) is 5.91 Å². The molecule has 110 valence electrons. The minimum Gasteiger partial charge on any atom is -0.478 e. The zero-order valence-corrected chi connectivity index (χ0v) is 11.9. The predicted molar refractivity (Wildman–Crippen MR) is 78.4 cm³/mol. The van der Waals surface area contributed by atoms with Gasteiger partial charge in [-0.25, -0.2) is 4.79 Å². The summed E-state index contributed by atoms with van der Waals surface area (Å²) in [5.74, 6) is 1.15. The van der Waals surface area contributed by atoms with Crippen molar-refractivity contribution in [3.8, 4) is 0 Å². The lowest BCUT2D eigenvalue weighted by Crippen LogP contribution is -2.39. The van der Waals surface area contributed by atoms with Crippen molar-refractivity contribution in [3.63, 3.8) is 0 Å². The van der Waals surface area contributed by atoms with Crippen molar-refractivity contribution >= 4 is 17.6 Å². The quantitative estimate of drug-likeness (QED) is 0.909. The van der Waals surface area contributed by atoms with Crippen molar-refractivity contribution in [2.75, 3.05) is 11.4 Å². The van der Waals surface area contributed by atoms with E-state index in [4.69, 9.17) is 5.11 Å². The van der Waals surface area contributed by atoms with E-state index in [0.29, 0.717) is 5.56 Å². The number of benzene rings is 1. The fourth-order valence-corrected chi connectivity index (χ4v) is 4.10. The van der Waals surface area contributed by atoms with E-state index in [9.17, 15) is 9.59 Å². The van der Waals surface area contributed by atoms with Crippen LogP contribution in [-0.4, -0.2) is 23.5 Å². The van der Waals surface area contributed by atoms with Crippen molar-refractivity contribution < 1.29 is 14.7 Å². The number of hydrogen-bond acceptors (Lipinski definition) is 2. The molecular weight excluding hydrogens is 266 g/mol. The molecule has 3 aliphatic rings. The van der Waals surface area contributed by atoms with Gasteiger partial charge in [0, 0.05) is 18.2 Å². The highest BCUT2D eigenvalue weighted by atomic mass is 16.4. The van der Waals surface area contributed by atoms with Gasteiger partial charge in [-0.2, -0.15) is 0 Å². The van der Waals surface area contributed by atoms with Gasteiger partial charge in [0.15, 0.2) is 0 Å². The highest BCUT2D eigenvalue weighted by Gasteiger charge is 2.49. The topological polar surface area (TPSA) is 57.6 Å². The summed E-state index contributed by atoms with van der Waals surface area (Å²) in [6.07, 6.45) is 5.21. The molecule has 1 amide bonds. The van der Waals surface area contributed by atoms with Crippen LogP contribution in [0.1, 0.15) is 41.6 Å². The maximum atomic E-state index is 12.8. The lowest BCUT2D eigenvalue weighted by atomic mass is 9.96. The van der Waals surface area contributed by atoms with Crippen LogP contribution in [0.15, 0.2) is 18.2 Å². The minimum absolute atomic E-state index is 0.193. The number of amides is 1. The third-order valence-electron chi connectivity index (χ3n) is 5.30. The molecule has 1 aromatic carbocycles. The second-order valence-corrected chi connectivity index (χ2v) is 6.67. The normalized spacial score (nSPS) is 29.7. The molecule has 1 heterocycles. The third-order valence-corrected chi connectivity index (χ3v) is 5.30. The first-order chi connectivity index (χ1) is 10.1. The van der Waals surface area contributed by atoms with E-state index in [1.54, 1.807) is 12.1 Å². The number of fused-ring (bicyclic) bond motifs is 2. The number of carbonyl (C=O) groups excluding carboxylic acids is 1. The highest BCUT2D eigenvalue weighted by molar-refractivity contribution is 5.97. The van der Waals surface area contributed by atoms with Crippen molar-refractivity contribution in [2.24, 2.45) is 17.8 Å². The second-order valence-electron chi connectivity index (χ2n) is 6.67. The SMILES string of the molecule is O=C(O)c1ccc2c(c1)CCCN2C(=O)C1CC2CC2C1. The van der Waals surface area contributed by atoms with Gasteiger partial charge in [0.1, 0.15) is 0 Å². The number of aromatic carboxylic acids is 1. The molecule has 4 nitrogen and oxygen atoms in total. The summed E-state index contributed by atoms with van der Waals surface area (Å²) in [7, 11) is 0. The first-order valence-electron chi connectivity index (χ1n) is 7.81. The van der Waals surface area contributed by atoms with Crippen LogP contribution in [0.2, 0.25) is 0 Å². The molecule has 2 saturated carbocycles. The Hall–Kier alpha value is -1.84. The standard InChI is InChI=1S/C17H19NO3/c19-16(14-8-12-7-13(12)9-14)18-5-1-2-10-6-11(17(20)21)3-4-15(10)18/h3-4,6,12-14H,1-2,5,7-9H2,(H,20,21). The maximum absolute atomic E-state index is 12.8. The van der Waals surface area contributed by atoms with Crippen LogP contribution in [0, 0.1) is 17.8 Å². The van der Waals surface area contributed by atoms with E-state index in [0.717, 1.165) is 55.3 Å². The number of hydrogen-bond donors (Lipinski definition) is 1. The molecule has 0 saturated heterocycles. The van der Waals surface area contributed by atoms with Crippen LogP contribution < -0.4 is 4.90 Å². The lowest BCUT2D eigenvalue weighted by Gasteiger charge is -2.32. The summed E-state index contributed by atoms with van der Waals surface area (Å²) in [6, 6.07) is 5.15. The second kappa shape index (κ2) is 4.58. The van der Waals surface area contributed by atoms with E-state index >= 15 is 0 Å². The number of aryl methyl sites for hydroxylation is 1. The summed E-state index contributed by atoms with van der Waals surface area (Å²) in [5, 5.41) is 9.09. The van der Waals surface area contributed by atoms with Crippen LogP contribution in [0.3, 0.4) is 0 Å². The highest BCUT2D eigenvalue weighted by Crippen LogP contribution is 2.55. The van der Waals surface area contributed by atoms with Crippen LogP contribution in [0.5, 0.6) is 0 Å². The average molecular weight is 285 g/mol. The van der Waals surface area contributed by atoms with Crippen LogP contribution >= 0.6 is 0 Å². The summed E-state index contributed by atoms with van der Waals surface area (Å²) < 4.78 is 0. The summed E-state index contributed by atoms with van der Waals surface area (Å²) in [5.41, 5.74) is 2.24. The Morgan fingerprint density at radius 1 is 1.14 bits per heavy atom. The van der Waals surface area contributed by atoms with Crippen molar-refractivity contribution in [1.29, 1.82) is 0 Å². The van der Waals surface area contributed by atoms with Gasteiger partial charge in [-0.05, 0) is 67.7 Å². The molecule has 4 rings (SSSR count). The zero-order chi connectivity index (χ0) is 14.6. The molecule has 0 bridgehead atoms. The zero-order valence-electron chi connectivity index (χ0n) is 11.9. The Balaban J connectivity index is 1.60. The van der Waals surface area contributed by atoms with Crippen LogP contribution in [0.25, 0.3) is 0 Å². The fraction of sp³-hybridized carbons (Fsp3) is 0.529. The molecule has 0 radical (unpaired) electrons. The van der Waals surface area contributed by atoms with Gasteiger partial charge in [0.05, 0.1) is 5.56 Å². The molecule has 2 atom stereocenters. The molecule has 1 N–H and O–H groups in total. The molecule has 0 spiro atoms. The van der Waals surface area contributed by atoms with E-state index in [1.165, 1.54) is 6.42 Å². The Labute approximate surface area is 123 Å². The molecule has 2 fully saturated rings. The van der Waals surface area contributed by atoms with Gasteiger partial charge >= 0.3 is 5.97 Å².